The molecule has 0 aromatic heterocycles. The average molecular weight is 261 g/mol. The number of hydrogen-bond donors (Lipinski definition) is 1. The molecular formula is C12H17F2NO3. The molecule has 1 heterocycles. The van der Waals surface area contributed by atoms with Crippen molar-refractivity contribution in [3.63, 3.8) is 0 Å². The molecule has 2 fully saturated rings. The molecule has 2 rings (SSSR count). The third kappa shape index (κ3) is 2.79. The molecule has 1 saturated carbocycles. The summed E-state index contributed by atoms with van der Waals surface area (Å²) in [6, 6.07) is 0. The first-order valence-corrected chi connectivity index (χ1v) is 6.28. The van der Waals surface area contributed by atoms with Crippen molar-refractivity contribution in [2.24, 2.45) is 11.8 Å². The van der Waals surface area contributed by atoms with Gasteiger partial charge in [-0.15, -0.1) is 0 Å². The van der Waals surface area contributed by atoms with E-state index in [1.165, 1.54) is 4.90 Å². The molecule has 1 saturated heterocycles. The maximum Gasteiger partial charge on any atom is 0.308 e. The number of amides is 1. The number of aliphatic carboxylic acids is 1. The summed E-state index contributed by atoms with van der Waals surface area (Å²) in [6.07, 6.45) is 0.769. The quantitative estimate of drug-likeness (QED) is 0.823. The van der Waals surface area contributed by atoms with Crippen LogP contribution in [0.5, 0.6) is 0 Å². The molecule has 18 heavy (non-hydrogen) atoms. The summed E-state index contributed by atoms with van der Waals surface area (Å²) in [4.78, 5) is 24.4. The average Bonchev–Trinajstić information content (AvgIpc) is 2.69. The summed E-state index contributed by atoms with van der Waals surface area (Å²) in [5, 5.41) is 8.93. The van der Waals surface area contributed by atoms with E-state index in [4.69, 9.17) is 5.11 Å². The van der Waals surface area contributed by atoms with E-state index < -0.39 is 23.7 Å². The van der Waals surface area contributed by atoms with Gasteiger partial charge in [-0.2, -0.15) is 0 Å². The van der Waals surface area contributed by atoms with Crippen molar-refractivity contribution in [1.29, 1.82) is 0 Å². The normalized spacial score (nSPS) is 31.3. The van der Waals surface area contributed by atoms with Gasteiger partial charge < -0.3 is 10.0 Å². The molecule has 0 aromatic carbocycles. The van der Waals surface area contributed by atoms with Crippen molar-refractivity contribution in [3.8, 4) is 0 Å². The summed E-state index contributed by atoms with van der Waals surface area (Å²) in [5.41, 5.74) is 0. The van der Waals surface area contributed by atoms with Gasteiger partial charge in [-0.05, 0) is 19.3 Å². The minimum absolute atomic E-state index is 0.163. The molecule has 0 spiro atoms. The largest absolute Gasteiger partial charge is 0.481 e. The van der Waals surface area contributed by atoms with Gasteiger partial charge in [-0.1, -0.05) is 0 Å². The zero-order valence-corrected chi connectivity index (χ0v) is 10.1. The van der Waals surface area contributed by atoms with Gasteiger partial charge in [0.05, 0.1) is 5.92 Å². The van der Waals surface area contributed by atoms with Crippen molar-refractivity contribution in [2.45, 2.75) is 38.0 Å². The zero-order valence-electron chi connectivity index (χ0n) is 10.1. The minimum Gasteiger partial charge on any atom is -0.481 e. The highest BCUT2D eigenvalue weighted by molar-refractivity contribution is 5.80. The van der Waals surface area contributed by atoms with Crippen molar-refractivity contribution in [1.82, 2.24) is 4.90 Å². The number of rotatable bonds is 2. The summed E-state index contributed by atoms with van der Waals surface area (Å²) in [6.45, 7) is 0.654. The summed E-state index contributed by atoms with van der Waals surface area (Å²) in [5.74, 6) is -5.12. The molecule has 1 unspecified atom stereocenters. The molecule has 1 aliphatic heterocycles. The van der Waals surface area contributed by atoms with Crippen LogP contribution in [0.3, 0.4) is 0 Å². The number of carbonyl (C=O) groups is 2. The topological polar surface area (TPSA) is 57.6 Å². The van der Waals surface area contributed by atoms with Crippen LogP contribution >= 0.6 is 0 Å². The van der Waals surface area contributed by atoms with Gasteiger partial charge in [0.1, 0.15) is 0 Å². The molecule has 6 heteroatoms. The maximum absolute atomic E-state index is 13.1. The molecular weight excluding hydrogens is 244 g/mol. The van der Waals surface area contributed by atoms with Crippen molar-refractivity contribution >= 4 is 11.9 Å². The van der Waals surface area contributed by atoms with Gasteiger partial charge in [-0.25, -0.2) is 8.78 Å². The van der Waals surface area contributed by atoms with Crippen molar-refractivity contribution in [3.05, 3.63) is 0 Å². The molecule has 2 aliphatic rings. The fraction of sp³-hybridized carbons (Fsp3) is 0.833. The van der Waals surface area contributed by atoms with Crippen LogP contribution in [0.25, 0.3) is 0 Å². The monoisotopic (exact) mass is 261 g/mol. The van der Waals surface area contributed by atoms with Gasteiger partial charge in [0.2, 0.25) is 11.8 Å². The predicted octanol–water partition coefficient (Wildman–Crippen LogP) is 1.74. The molecule has 0 radical (unpaired) electrons. The number of hydrogen-bond acceptors (Lipinski definition) is 2. The molecule has 1 amide bonds. The highest BCUT2D eigenvalue weighted by Crippen LogP contribution is 2.40. The molecule has 102 valence electrons. The summed E-state index contributed by atoms with van der Waals surface area (Å²) < 4.78 is 26.1. The number of carbonyl (C=O) groups excluding carboxylic acids is 1. The Balaban J connectivity index is 1.95. The van der Waals surface area contributed by atoms with E-state index in [0.29, 0.717) is 19.4 Å². The fourth-order valence-corrected chi connectivity index (χ4v) is 2.80. The Hall–Kier alpha value is -1.20. The minimum atomic E-state index is -2.73. The lowest BCUT2D eigenvalue weighted by atomic mass is 9.96. The SMILES string of the molecule is O=C(O)[C@@H]1CCCN(C(=O)C2CCC(F)(F)C2)C1. The van der Waals surface area contributed by atoms with Gasteiger partial charge in [0, 0.05) is 31.8 Å². The number of halogens is 2. The van der Waals surface area contributed by atoms with E-state index in [-0.39, 0.29) is 31.7 Å². The zero-order chi connectivity index (χ0) is 13.3. The van der Waals surface area contributed by atoms with E-state index in [1.54, 1.807) is 0 Å². The van der Waals surface area contributed by atoms with E-state index in [1.807, 2.05) is 0 Å². The lowest BCUT2D eigenvalue weighted by molar-refractivity contribution is -0.147. The Morgan fingerprint density at radius 3 is 2.50 bits per heavy atom. The van der Waals surface area contributed by atoms with E-state index in [2.05, 4.69) is 0 Å². The molecule has 2 atom stereocenters. The van der Waals surface area contributed by atoms with Crippen LogP contribution in [0.15, 0.2) is 0 Å². The molecule has 1 N–H and O–H groups in total. The second-order valence-electron chi connectivity index (χ2n) is 5.26. The van der Waals surface area contributed by atoms with E-state index in [0.717, 1.165) is 0 Å². The first-order chi connectivity index (χ1) is 8.39. The number of alkyl halides is 2. The van der Waals surface area contributed by atoms with Crippen LogP contribution in [0.4, 0.5) is 8.78 Å². The van der Waals surface area contributed by atoms with Crippen LogP contribution in [0.1, 0.15) is 32.1 Å². The number of nitrogens with zero attached hydrogens (tertiary/aromatic N) is 1. The first-order valence-electron chi connectivity index (χ1n) is 6.28. The van der Waals surface area contributed by atoms with Crippen LogP contribution in [0.2, 0.25) is 0 Å². The van der Waals surface area contributed by atoms with Crippen molar-refractivity contribution < 1.29 is 23.5 Å². The highest BCUT2D eigenvalue weighted by Gasteiger charge is 2.44. The van der Waals surface area contributed by atoms with Crippen molar-refractivity contribution in [2.75, 3.05) is 13.1 Å². The smallest absolute Gasteiger partial charge is 0.308 e. The predicted molar refractivity (Wildman–Crippen MR) is 59.2 cm³/mol. The molecule has 0 aromatic rings. The van der Waals surface area contributed by atoms with Gasteiger partial charge >= 0.3 is 5.97 Å². The van der Waals surface area contributed by atoms with Gasteiger partial charge in [-0.3, -0.25) is 9.59 Å². The number of piperidine rings is 1. The lowest BCUT2D eigenvalue weighted by Crippen LogP contribution is -2.44. The Bertz CT molecular complexity index is 359. The Morgan fingerprint density at radius 1 is 1.22 bits per heavy atom. The van der Waals surface area contributed by atoms with E-state index in [9.17, 15) is 18.4 Å². The van der Waals surface area contributed by atoms with Crippen LogP contribution in [-0.2, 0) is 9.59 Å². The summed E-state index contributed by atoms with van der Waals surface area (Å²) in [7, 11) is 0. The second kappa shape index (κ2) is 4.82. The van der Waals surface area contributed by atoms with Crippen LogP contribution in [0, 0.1) is 11.8 Å². The Kier molecular flexibility index (Phi) is 3.54. The lowest BCUT2D eigenvalue weighted by Gasteiger charge is -2.32. The third-order valence-corrected chi connectivity index (χ3v) is 3.84. The Morgan fingerprint density at radius 2 is 1.94 bits per heavy atom. The highest BCUT2D eigenvalue weighted by atomic mass is 19.3. The number of carboxylic acids is 1. The van der Waals surface area contributed by atoms with Crippen LogP contribution < -0.4 is 0 Å². The number of carboxylic acid groups (broad SMARTS) is 1. The molecule has 4 nitrogen and oxygen atoms in total. The van der Waals surface area contributed by atoms with E-state index >= 15 is 0 Å². The number of likely N-dealkylation sites (tertiary alicyclic amines) is 1. The fourth-order valence-electron chi connectivity index (χ4n) is 2.80. The third-order valence-electron chi connectivity index (χ3n) is 3.84. The second-order valence-corrected chi connectivity index (χ2v) is 5.26. The van der Waals surface area contributed by atoms with Gasteiger partial charge in [0.25, 0.3) is 0 Å². The molecule has 0 bridgehead atoms. The standard InChI is InChI=1S/C12H17F2NO3/c13-12(14)4-3-8(6-12)10(16)15-5-1-2-9(7-15)11(17)18/h8-9H,1-7H2,(H,17,18)/t8?,9-/m1/s1. The Labute approximate surface area is 104 Å². The van der Waals surface area contributed by atoms with Gasteiger partial charge in [0.15, 0.2) is 0 Å². The summed E-state index contributed by atoms with van der Waals surface area (Å²) >= 11 is 0. The molecule has 1 aliphatic carbocycles. The first kappa shape index (κ1) is 13.2. The maximum atomic E-state index is 13.1. The van der Waals surface area contributed by atoms with Crippen LogP contribution in [-0.4, -0.2) is 40.9 Å².